The molecule has 0 aromatic carbocycles. The average Bonchev–Trinajstić information content (AvgIpc) is 1.62. The first-order chi connectivity index (χ1) is 3.95. The van der Waals surface area contributed by atoms with Crippen LogP contribution >= 0.6 is 0 Å². The number of likely N-dealkylation sites (N-methyl/N-ethyl adjacent to an activating group) is 1. The normalized spacial score (nSPS) is 14.1. The van der Waals surface area contributed by atoms with E-state index < -0.39 is 6.10 Å². The third kappa shape index (κ3) is 8.61. The summed E-state index contributed by atoms with van der Waals surface area (Å²) in [5, 5.41) is 17.4. The quantitative estimate of drug-likeness (QED) is 0.402. The first-order valence-corrected chi connectivity index (χ1v) is 3.05. The van der Waals surface area contributed by atoms with E-state index >= 15 is 0 Å². The smallest absolute Gasteiger partial charge is 0.126 e. The van der Waals surface area contributed by atoms with Crippen LogP contribution in [0.3, 0.4) is 0 Å². The predicted octanol–water partition coefficient (Wildman–Crippen LogP) is -3.95. The molecule has 64 valence electrons. The highest BCUT2D eigenvalue weighted by Crippen LogP contribution is 1.92. The van der Waals surface area contributed by atoms with Gasteiger partial charge in [-0.25, -0.2) is 0 Å². The van der Waals surface area contributed by atoms with Crippen LogP contribution in [-0.4, -0.2) is 55.1 Å². The van der Waals surface area contributed by atoms with Crippen LogP contribution in [0.25, 0.3) is 0 Å². The van der Waals surface area contributed by atoms with Crippen LogP contribution in [0.2, 0.25) is 0 Å². The second-order valence-electron chi connectivity index (χ2n) is 3.31. The molecule has 1 atom stereocenters. The molecule has 0 amide bonds. The summed E-state index contributed by atoms with van der Waals surface area (Å²) in [6.45, 7) is 0.450. The molecule has 0 heterocycles. The van der Waals surface area contributed by atoms with Gasteiger partial charge < -0.3 is 38.7 Å². The summed E-state index contributed by atoms with van der Waals surface area (Å²) in [5.74, 6) is 0. The highest BCUT2D eigenvalue weighted by molar-refractivity contribution is 4.47. The summed E-state index contributed by atoms with van der Waals surface area (Å²) in [5.41, 5.74) is 0. The maximum Gasteiger partial charge on any atom is 0.126 e. The van der Waals surface area contributed by atoms with Crippen LogP contribution in [0.15, 0.2) is 0 Å². The monoisotopic (exact) mass is 261 g/mol. The molecule has 3 nitrogen and oxygen atoms in total. The zero-order chi connectivity index (χ0) is 7.49. The lowest BCUT2D eigenvalue weighted by Gasteiger charge is -2.25. The van der Waals surface area contributed by atoms with Crippen molar-refractivity contribution in [2.75, 3.05) is 34.3 Å². The van der Waals surface area contributed by atoms with E-state index in [1.54, 1.807) is 0 Å². The summed E-state index contributed by atoms with van der Waals surface area (Å²) in [4.78, 5) is 0. The molecule has 2 N–H and O–H groups in total. The lowest BCUT2D eigenvalue weighted by atomic mass is 10.3. The minimum absolute atomic E-state index is 0. The molecule has 0 unspecified atom stereocenters. The molecule has 0 aliphatic carbocycles. The Morgan fingerprint density at radius 2 is 1.70 bits per heavy atom. The van der Waals surface area contributed by atoms with Gasteiger partial charge in [-0.15, -0.1) is 0 Å². The third-order valence-corrected chi connectivity index (χ3v) is 0.969. The zero-order valence-electron chi connectivity index (χ0n) is 6.71. The SMILES string of the molecule is C[N+](C)(C)C[C@H](O)CO.[I-]. The lowest BCUT2D eigenvalue weighted by Crippen LogP contribution is -3.00. The molecule has 4 heteroatoms. The summed E-state index contributed by atoms with van der Waals surface area (Å²) in [6.07, 6.45) is -0.579. The molecule has 0 aromatic rings. The van der Waals surface area contributed by atoms with E-state index in [0.717, 1.165) is 0 Å². The first kappa shape index (κ1) is 13.2. The fourth-order valence-electron chi connectivity index (χ4n) is 0.690. The molecular formula is C6H16INO2. The van der Waals surface area contributed by atoms with Gasteiger partial charge in [0.1, 0.15) is 12.6 Å². The number of aliphatic hydroxyl groups excluding tert-OH is 2. The third-order valence-electron chi connectivity index (χ3n) is 0.969. The van der Waals surface area contributed by atoms with Crippen LogP contribution < -0.4 is 24.0 Å². The van der Waals surface area contributed by atoms with Gasteiger partial charge >= 0.3 is 0 Å². The summed E-state index contributed by atoms with van der Waals surface area (Å²) in [6, 6.07) is 0. The van der Waals surface area contributed by atoms with Crippen molar-refractivity contribution in [2.45, 2.75) is 6.10 Å². The highest BCUT2D eigenvalue weighted by atomic mass is 127. The van der Waals surface area contributed by atoms with Gasteiger partial charge in [0.25, 0.3) is 0 Å². The second-order valence-corrected chi connectivity index (χ2v) is 3.31. The van der Waals surface area contributed by atoms with Crippen LogP contribution in [-0.2, 0) is 0 Å². The standard InChI is InChI=1S/C6H16NO2.HI/c1-7(2,3)4-6(9)5-8;/h6,8-9H,4-5H2,1-3H3;1H/q+1;/p-1/t6-;/m0./s1. The highest BCUT2D eigenvalue weighted by Gasteiger charge is 2.13. The molecule has 0 aliphatic rings. The van der Waals surface area contributed by atoms with E-state index in [1.807, 2.05) is 21.1 Å². The molecule has 10 heavy (non-hydrogen) atoms. The fraction of sp³-hybridized carbons (Fsp3) is 1.00. The van der Waals surface area contributed by atoms with Gasteiger partial charge in [-0.1, -0.05) is 0 Å². The summed E-state index contributed by atoms with van der Waals surface area (Å²) < 4.78 is 0.682. The molecule has 0 aromatic heterocycles. The first-order valence-electron chi connectivity index (χ1n) is 3.05. The van der Waals surface area contributed by atoms with E-state index in [0.29, 0.717) is 11.0 Å². The maximum atomic E-state index is 8.93. The molecule has 0 fully saturated rings. The van der Waals surface area contributed by atoms with Gasteiger partial charge in [0.2, 0.25) is 0 Å². The van der Waals surface area contributed by atoms with Crippen LogP contribution in [0.4, 0.5) is 0 Å². The Balaban J connectivity index is 0. The number of rotatable bonds is 3. The van der Waals surface area contributed by atoms with E-state index in [4.69, 9.17) is 10.2 Å². The maximum absolute atomic E-state index is 8.93. The van der Waals surface area contributed by atoms with Crippen LogP contribution in [0.5, 0.6) is 0 Å². The largest absolute Gasteiger partial charge is 1.00 e. The number of halogens is 1. The van der Waals surface area contributed by atoms with E-state index in [9.17, 15) is 0 Å². The van der Waals surface area contributed by atoms with Gasteiger partial charge in [0, 0.05) is 0 Å². The molecule has 0 rings (SSSR count). The van der Waals surface area contributed by atoms with E-state index in [1.165, 1.54) is 0 Å². The Labute approximate surface area is 79.3 Å². The number of aliphatic hydroxyl groups is 2. The molecule has 0 spiro atoms. The summed E-state index contributed by atoms with van der Waals surface area (Å²) >= 11 is 0. The molecular weight excluding hydrogens is 245 g/mol. The minimum atomic E-state index is -0.579. The Bertz CT molecular complexity index is 82.3. The Kier molecular flexibility index (Phi) is 6.99. The number of hydrogen-bond donors (Lipinski definition) is 2. The van der Waals surface area contributed by atoms with Gasteiger partial charge in [0.05, 0.1) is 27.7 Å². The van der Waals surface area contributed by atoms with Gasteiger partial charge in [-0.3, -0.25) is 0 Å². The van der Waals surface area contributed by atoms with Crippen molar-refractivity contribution in [1.29, 1.82) is 0 Å². The lowest BCUT2D eigenvalue weighted by molar-refractivity contribution is -0.873. The van der Waals surface area contributed by atoms with Crippen LogP contribution in [0.1, 0.15) is 0 Å². The van der Waals surface area contributed by atoms with Gasteiger partial charge in [0.15, 0.2) is 0 Å². The van der Waals surface area contributed by atoms with Crippen LogP contribution in [0, 0.1) is 0 Å². The topological polar surface area (TPSA) is 40.5 Å². The zero-order valence-corrected chi connectivity index (χ0v) is 8.87. The number of nitrogens with zero attached hydrogens (tertiary/aromatic N) is 1. The fourth-order valence-corrected chi connectivity index (χ4v) is 0.690. The van der Waals surface area contributed by atoms with Crippen molar-refractivity contribution >= 4 is 0 Å². The molecule has 0 radical (unpaired) electrons. The van der Waals surface area contributed by atoms with Crippen molar-refractivity contribution < 1.29 is 38.7 Å². The van der Waals surface area contributed by atoms with Gasteiger partial charge in [-0.2, -0.15) is 0 Å². The van der Waals surface area contributed by atoms with E-state index in [2.05, 4.69) is 0 Å². The molecule has 0 saturated heterocycles. The predicted molar refractivity (Wildman–Crippen MR) is 36.0 cm³/mol. The molecule has 0 aliphatic heterocycles. The Hall–Kier alpha value is 0.610. The summed E-state index contributed by atoms with van der Waals surface area (Å²) in [7, 11) is 5.91. The molecule has 0 saturated carbocycles. The van der Waals surface area contributed by atoms with Crippen molar-refractivity contribution in [3.8, 4) is 0 Å². The number of quaternary nitrogens is 1. The van der Waals surface area contributed by atoms with Crippen molar-refractivity contribution in [1.82, 2.24) is 0 Å². The second kappa shape index (κ2) is 5.29. The Morgan fingerprint density at radius 1 is 1.30 bits per heavy atom. The van der Waals surface area contributed by atoms with Crippen molar-refractivity contribution in [2.24, 2.45) is 0 Å². The van der Waals surface area contributed by atoms with Gasteiger partial charge in [-0.05, 0) is 0 Å². The minimum Gasteiger partial charge on any atom is -1.00 e. The van der Waals surface area contributed by atoms with E-state index in [-0.39, 0.29) is 30.6 Å². The number of hydrogen-bond acceptors (Lipinski definition) is 2. The average molecular weight is 261 g/mol. The Morgan fingerprint density at radius 3 is 1.80 bits per heavy atom. The van der Waals surface area contributed by atoms with Crippen molar-refractivity contribution in [3.63, 3.8) is 0 Å². The van der Waals surface area contributed by atoms with Crippen molar-refractivity contribution in [3.05, 3.63) is 0 Å². The molecule has 0 bridgehead atoms.